The van der Waals surface area contributed by atoms with Gasteiger partial charge >= 0.3 is 0 Å². The molecule has 0 aromatic heterocycles. The summed E-state index contributed by atoms with van der Waals surface area (Å²) < 4.78 is 0. The van der Waals surface area contributed by atoms with Crippen molar-refractivity contribution in [2.45, 2.75) is 33.6 Å². The Labute approximate surface area is 108 Å². The standard InChI is InChI=1S/C15H21NO2/c1-11-12(6-4-7-13(11)17)14(18)16-9-5-8-15(2,3)10-16/h4,6-7,17H,5,8-10H2,1-3H3. The number of carbonyl (C=O) groups is 1. The van der Waals surface area contributed by atoms with Gasteiger partial charge in [0.1, 0.15) is 5.75 Å². The van der Waals surface area contributed by atoms with Gasteiger partial charge in [0.15, 0.2) is 0 Å². The van der Waals surface area contributed by atoms with Crippen molar-refractivity contribution in [1.29, 1.82) is 0 Å². The summed E-state index contributed by atoms with van der Waals surface area (Å²) >= 11 is 0. The molecule has 0 aliphatic carbocycles. The van der Waals surface area contributed by atoms with Crippen molar-refractivity contribution in [3.05, 3.63) is 29.3 Å². The number of phenolic OH excluding ortho intramolecular Hbond substituents is 1. The van der Waals surface area contributed by atoms with Crippen LogP contribution >= 0.6 is 0 Å². The van der Waals surface area contributed by atoms with Crippen molar-refractivity contribution in [2.75, 3.05) is 13.1 Å². The Balaban J connectivity index is 2.23. The fourth-order valence-corrected chi connectivity index (χ4v) is 2.62. The van der Waals surface area contributed by atoms with Gasteiger partial charge in [-0.3, -0.25) is 4.79 Å². The summed E-state index contributed by atoms with van der Waals surface area (Å²) in [5.41, 5.74) is 1.48. The number of phenols is 1. The van der Waals surface area contributed by atoms with E-state index in [2.05, 4.69) is 13.8 Å². The van der Waals surface area contributed by atoms with Crippen LogP contribution in [0.15, 0.2) is 18.2 Å². The Kier molecular flexibility index (Phi) is 3.33. The molecular weight excluding hydrogens is 226 g/mol. The number of likely N-dealkylation sites (tertiary alicyclic amines) is 1. The lowest BCUT2D eigenvalue weighted by Gasteiger charge is -2.38. The van der Waals surface area contributed by atoms with E-state index in [9.17, 15) is 9.90 Å². The number of amides is 1. The van der Waals surface area contributed by atoms with Crippen molar-refractivity contribution in [1.82, 2.24) is 4.90 Å². The number of hydrogen-bond acceptors (Lipinski definition) is 2. The fraction of sp³-hybridized carbons (Fsp3) is 0.533. The highest BCUT2D eigenvalue weighted by Gasteiger charge is 2.30. The van der Waals surface area contributed by atoms with Crippen LogP contribution in [-0.4, -0.2) is 29.0 Å². The predicted octanol–water partition coefficient (Wildman–Crippen LogP) is 2.96. The van der Waals surface area contributed by atoms with Gasteiger partial charge in [0.2, 0.25) is 0 Å². The molecular formula is C15H21NO2. The van der Waals surface area contributed by atoms with E-state index in [4.69, 9.17) is 0 Å². The number of nitrogens with zero attached hydrogens (tertiary/aromatic N) is 1. The lowest BCUT2D eigenvalue weighted by atomic mass is 9.84. The maximum absolute atomic E-state index is 12.5. The van der Waals surface area contributed by atoms with Gasteiger partial charge in [0.05, 0.1) is 0 Å². The van der Waals surface area contributed by atoms with E-state index in [1.165, 1.54) is 0 Å². The van der Waals surface area contributed by atoms with Crippen molar-refractivity contribution in [3.8, 4) is 5.75 Å². The van der Waals surface area contributed by atoms with Crippen molar-refractivity contribution in [3.63, 3.8) is 0 Å². The highest BCUT2D eigenvalue weighted by atomic mass is 16.3. The highest BCUT2D eigenvalue weighted by Crippen LogP contribution is 2.30. The van der Waals surface area contributed by atoms with Crippen molar-refractivity contribution in [2.24, 2.45) is 5.41 Å². The van der Waals surface area contributed by atoms with Crippen LogP contribution in [0.2, 0.25) is 0 Å². The van der Waals surface area contributed by atoms with E-state index < -0.39 is 0 Å². The van der Waals surface area contributed by atoms with E-state index in [-0.39, 0.29) is 17.1 Å². The zero-order valence-corrected chi connectivity index (χ0v) is 11.4. The van der Waals surface area contributed by atoms with E-state index in [0.717, 1.165) is 25.9 Å². The monoisotopic (exact) mass is 247 g/mol. The number of aromatic hydroxyl groups is 1. The SMILES string of the molecule is Cc1c(O)cccc1C(=O)N1CCCC(C)(C)C1. The highest BCUT2D eigenvalue weighted by molar-refractivity contribution is 5.96. The molecule has 1 heterocycles. The van der Waals surface area contributed by atoms with Gasteiger partial charge in [0.25, 0.3) is 5.91 Å². The molecule has 98 valence electrons. The van der Waals surface area contributed by atoms with Crippen LogP contribution < -0.4 is 0 Å². The summed E-state index contributed by atoms with van der Waals surface area (Å²) in [5.74, 6) is 0.230. The second-order valence-electron chi connectivity index (χ2n) is 5.94. The first-order valence-corrected chi connectivity index (χ1v) is 6.48. The molecule has 0 spiro atoms. The normalized spacial score (nSPS) is 18.7. The summed E-state index contributed by atoms with van der Waals surface area (Å²) in [4.78, 5) is 14.4. The van der Waals surface area contributed by atoms with E-state index in [0.29, 0.717) is 11.1 Å². The smallest absolute Gasteiger partial charge is 0.254 e. The topological polar surface area (TPSA) is 40.5 Å². The third kappa shape index (κ3) is 2.50. The molecule has 0 atom stereocenters. The maximum Gasteiger partial charge on any atom is 0.254 e. The summed E-state index contributed by atoms with van der Waals surface area (Å²) in [6.07, 6.45) is 2.21. The Morgan fingerprint density at radius 1 is 1.39 bits per heavy atom. The fourth-order valence-electron chi connectivity index (χ4n) is 2.62. The Morgan fingerprint density at radius 2 is 2.11 bits per heavy atom. The van der Waals surface area contributed by atoms with E-state index >= 15 is 0 Å². The van der Waals surface area contributed by atoms with Crippen LogP contribution in [0.4, 0.5) is 0 Å². The largest absolute Gasteiger partial charge is 0.508 e. The van der Waals surface area contributed by atoms with E-state index in [1.807, 2.05) is 4.90 Å². The summed E-state index contributed by atoms with van der Waals surface area (Å²) in [6, 6.07) is 5.13. The lowest BCUT2D eigenvalue weighted by molar-refractivity contribution is 0.0582. The lowest BCUT2D eigenvalue weighted by Crippen LogP contribution is -2.43. The molecule has 2 rings (SSSR count). The number of hydrogen-bond donors (Lipinski definition) is 1. The minimum Gasteiger partial charge on any atom is -0.508 e. The molecule has 1 fully saturated rings. The third-order valence-corrected chi connectivity index (χ3v) is 3.72. The second-order valence-corrected chi connectivity index (χ2v) is 5.94. The number of benzene rings is 1. The molecule has 0 bridgehead atoms. The molecule has 3 heteroatoms. The van der Waals surface area contributed by atoms with Crippen molar-refractivity contribution >= 4 is 5.91 Å². The zero-order chi connectivity index (χ0) is 13.3. The van der Waals surface area contributed by atoms with Gasteiger partial charge in [-0.2, -0.15) is 0 Å². The van der Waals surface area contributed by atoms with Gasteiger partial charge in [-0.1, -0.05) is 19.9 Å². The molecule has 1 amide bonds. The predicted molar refractivity (Wildman–Crippen MR) is 71.8 cm³/mol. The van der Waals surface area contributed by atoms with Gasteiger partial charge in [-0.15, -0.1) is 0 Å². The van der Waals surface area contributed by atoms with Gasteiger partial charge < -0.3 is 10.0 Å². The first-order valence-electron chi connectivity index (χ1n) is 6.48. The molecule has 0 saturated carbocycles. The van der Waals surface area contributed by atoms with Crippen LogP contribution in [0.25, 0.3) is 0 Å². The molecule has 3 nitrogen and oxygen atoms in total. The quantitative estimate of drug-likeness (QED) is 0.828. The maximum atomic E-state index is 12.5. The van der Waals surface area contributed by atoms with Crippen LogP contribution in [0.5, 0.6) is 5.75 Å². The van der Waals surface area contributed by atoms with Crippen LogP contribution in [0, 0.1) is 12.3 Å². The Bertz CT molecular complexity index is 466. The molecule has 1 aliphatic rings. The van der Waals surface area contributed by atoms with Crippen LogP contribution in [0.3, 0.4) is 0 Å². The molecule has 1 aromatic carbocycles. The summed E-state index contributed by atoms with van der Waals surface area (Å²) in [7, 11) is 0. The van der Waals surface area contributed by atoms with Gasteiger partial charge in [0, 0.05) is 24.2 Å². The summed E-state index contributed by atoms with van der Waals surface area (Å²) in [6.45, 7) is 7.79. The molecule has 18 heavy (non-hydrogen) atoms. The number of carbonyl (C=O) groups excluding carboxylic acids is 1. The Hall–Kier alpha value is -1.51. The summed E-state index contributed by atoms with van der Waals surface area (Å²) in [5, 5.41) is 9.68. The van der Waals surface area contributed by atoms with Crippen LogP contribution in [0.1, 0.15) is 42.6 Å². The van der Waals surface area contributed by atoms with Gasteiger partial charge in [-0.05, 0) is 37.3 Å². The zero-order valence-electron chi connectivity index (χ0n) is 11.4. The third-order valence-electron chi connectivity index (χ3n) is 3.72. The second kappa shape index (κ2) is 4.63. The average molecular weight is 247 g/mol. The molecule has 1 aromatic rings. The van der Waals surface area contributed by atoms with Crippen LogP contribution in [-0.2, 0) is 0 Å². The molecule has 0 radical (unpaired) electrons. The molecule has 0 unspecified atom stereocenters. The molecule has 1 aliphatic heterocycles. The Morgan fingerprint density at radius 3 is 2.78 bits per heavy atom. The van der Waals surface area contributed by atoms with E-state index in [1.54, 1.807) is 25.1 Å². The number of rotatable bonds is 1. The molecule has 1 N–H and O–H groups in total. The minimum absolute atomic E-state index is 0.0381. The van der Waals surface area contributed by atoms with Gasteiger partial charge in [-0.25, -0.2) is 0 Å². The first kappa shape index (κ1) is 12.9. The first-order chi connectivity index (χ1) is 8.41. The van der Waals surface area contributed by atoms with Crippen molar-refractivity contribution < 1.29 is 9.90 Å². The number of piperidine rings is 1. The average Bonchev–Trinajstić information content (AvgIpc) is 2.30. The minimum atomic E-state index is 0.0381. The molecule has 1 saturated heterocycles.